The summed E-state index contributed by atoms with van der Waals surface area (Å²) in [4.78, 5) is 20.0. The summed E-state index contributed by atoms with van der Waals surface area (Å²) in [5.41, 5.74) is 6.59. The minimum Gasteiger partial charge on any atom is -0.384 e. The van der Waals surface area contributed by atoms with Crippen LogP contribution in [0.3, 0.4) is 0 Å². The van der Waals surface area contributed by atoms with Gasteiger partial charge in [0.1, 0.15) is 11.6 Å². The van der Waals surface area contributed by atoms with E-state index in [1.165, 1.54) is 23.9 Å². The molecule has 0 fully saturated rings. The molecule has 0 aliphatic rings. The highest BCUT2D eigenvalue weighted by atomic mass is 32.2. The summed E-state index contributed by atoms with van der Waals surface area (Å²) in [7, 11) is 0. The monoisotopic (exact) mass is 306 g/mol. The first-order valence-electron chi connectivity index (χ1n) is 6.33. The molecule has 110 valence electrons. The molecule has 5 nitrogen and oxygen atoms in total. The summed E-state index contributed by atoms with van der Waals surface area (Å²) in [6, 6.07) is 7.73. The minimum atomic E-state index is -0.451. The summed E-state index contributed by atoms with van der Waals surface area (Å²) in [6.07, 6.45) is 0.232. The Morgan fingerprint density at radius 1 is 1.38 bits per heavy atom. The van der Waals surface area contributed by atoms with Gasteiger partial charge in [-0.2, -0.15) is 0 Å². The first-order valence-corrected chi connectivity index (χ1v) is 7.31. The van der Waals surface area contributed by atoms with Crippen molar-refractivity contribution in [2.45, 2.75) is 18.5 Å². The summed E-state index contributed by atoms with van der Waals surface area (Å²) in [6.45, 7) is 1.83. The van der Waals surface area contributed by atoms with Crippen LogP contribution in [0.25, 0.3) is 0 Å². The van der Waals surface area contributed by atoms with Gasteiger partial charge in [-0.15, -0.1) is 0 Å². The highest BCUT2D eigenvalue weighted by molar-refractivity contribution is 7.99. The predicted octanol–water partition coefficient (Wildman–Crippen LogP) is 2.63. The molecule has 0 bridgehead atoms. The van der Waals surface area contributed by atoms with E-state index < -0.39 is 5.82 Å². The van der Waals surface area contributed by atoms with E-state index in [0.717, 1.165) is 5.69 Å². The fourth-order valence-corrected chi connectivity index (χ4v) is 2.49. The summed E-state index contributed by atoms with van der Waals surface area (Å²) in [5, 5.41) is 3.06. The molecule has 0 saturated heterocycles. The molecule has 1 amide bonds. The van der Waals surface area contributed by atoms with Crippen molar-refractivity contribution < 1.29 is 9.18 Å². The first-order chi connectivity index (χ1) is 10.0. The Labute approximate surface area is 126 Å². The Hall–Kier alpha value is -2.15. The number of carbonyl (C=O) groups excluding carboxylic acids is 1. The largest absolute Gasteiger partial charge is 0.384 e. The maximum atomic E-state index is 13.4. The third-order valence-electron chi connectivity index (χ3n) is 2.56. The number of rotatable bonds is 5. The number of nitrogens with zero attached hydrogens (tertiary/aromatic N) is 2. The molecule has 0 saturated carbocycles. The van der Waals surface area contributed by atoms with Crippen molar-refractivity contribution in [3.8, 4) is 0 Å². The molecule has 2 rings (SSSR count). The van der Waals surface area contributed by atoms with Crippen LogP contribution in [0.4, 0.5) is 15.9 Å². The van der Waals surface area contributed by atoms with Crippen molar-refractivity contribution in [1.82, 2.24) is 9.97 Å². The van der Waals surface area contributed by atoms with Crippen LogP contribution in [0, 0.1) is 12.7 Å². The molecular weight excluding hydrogens is 291 g/mol. The normalized spacial score (nSPS) is 10.4. The van der Waals surface area contributed by atoms with Gasteiger partial charge in [-0.1, -0.05) is 23.9 Å². The number of halogens is 1. The SMILES string of the molecule is Cc1cc(N)nc(SCCC(=O)Nc2ccccc2F)n1. The molecule has 0 atom stereocenters. The lowest BCUT2D eigenvalue weighted by molar-refractivity contribution is -0.115. The topological polar surface area (TPSA) is 80.9 Å². The number of nitrogens with two attached hydrogens (primary N) is 1. The van der Waals surface area contributed by atoms with E-state index in [1.807, 2.05) is 6.92 Å². The third-order valence-corrected chi connectivity index (χ3v) is 3.41. The number of para-hydroxylation sites is 1. The second-order valence-electron chi connectivity index (χ2n) is 4.34. The van der Waals surface area contributed by atoms with Crippen LogP contribution in [0.5, 0.6) is 0 Å². The second kappa shape index (κ2) is 7.03. The second-order valence-corrected chi connectivity index (χ2v) is 5.41. The number of aromatic nitrogens is 2. The molecule has 0 aliphatic heterocycles. The smallest absolute Gasteiger partial charge is 0.225 e. The van der Waals surface area contributed by atoms with Crippen molar-refractivity contribution in [2.75, 3.05) is 16.8 Å². The number of benzene rings is 1. The summed E-state index contributed by atoms with van der Waals surface area (Å²) >= 11 is 1.34. The van der Waals surface area contributed by atoms with Gasteiger partial charge >= 0.3 is 0 Å². The van der Waals surface area contributed by atoms with Gasteiger partial charge in [-0.3, -0.25) is 4.79 Å². The number of carbonyl (C=O) groups is 1. The average Bonchev–Trinajstić information content (AvgIpc) is 2.40. The highest BCUT2D eigenvalue weighted by Gasteiger charge is 2.07. The fourth-order valence-electron chi connectivity index (χ4n) is 1.64. The van der Waals surface area contributed by atoms with Crippen LogP contribution in [0.1, 0.15) is 12.1 Å². The summed E-state index contributed by atoms with van der Waals surface area (Å²) in [5.74, 6) is 0.186. The van der Waals surface area contributed by atoms with Gasteiger partial charge < -0.3 is 11.1 Å². The number of nitrogen functional groups attached to an aromatic ring is 1. The number of nitrogens with one attached hydrogen (secondary N) is 1. The van der Waals surface area contributed by atoms with Crippen LogP contribution < -0.4 is 11.1 Å². The maximum absolute atomic E-state index is 13.4. The molecule has 0 aliphatic carbocycles. The van der Waals surface area contributed by atoms with Crippen molar-refractivity contribution in [1.29, 1.82) is 0 Å². The standard InChI is InChI=1S/C14H15FN4OS/c1-9-8-12(16)19-14(17-9)21-7-6-13(20)18-11-5-3-2-4-10(11)15/h2-5,8H,6-7H2,1H3,(H,18,20)(H2,16,17,19). The molecule has 0 radical (unpaired) electrons. The van der Waals surface area contributed by atoms with Crippen molar-refractivity contribution in [2.24, 2.45) is 0 Å². The highest BCUT2D eigenvalue weighted by Crippen LogP contribution is 2.17. The van der Waals surface area contributed by atoms with Crippen molar-refractivity contribution >= 4 is 29.2 Å². The lowest BCUT2D eigenvalue weighted by Gasteiger charge is -2.06. The number of amides is 1. The minimum absolute atomic E-state index is 0.184. The fraction of sp³-hybridized carbons (Fsp3) is 0.214. The Bertz CT molecular complexity index is 630. The van der Waals surface area contributed by atoms with Gasteiger partial charge in [-0.05, 0) is 19.1 Å². The third kappa shape index (κ3) is 4.71. The molecule has 0 unspecified atom stereocenters. The van der Waals surface area contributed by atoms with E-state index in [-0.39, 0.29) is 18.0 Å². The first kappa shape index (κ1) is 15.2. The van der Waals surface area contributed by atoms with Gasteiger partial charge in [0, 0.05) is 23.9 Å². The van der Waals surface area contributed by atoms with Crippen LogP contribution in [0.15, 0.2) is 35.5 Å². The molecule has 7 heteroatoms. The van der Waals surface area contributed by atoms with Crippen molar-refractivity contribution in [3.05, 3.63) is 41.8 Å². The molecule has 21 heavy (non-hydrogen) atoms. The average molecular weight is 306 g/mol. The quantitative estimate of drug-likeness (QED) is 0.655. The molecule has 2 aromatic rings. The maximum Gasteiger partial charge on any atom is 0.225 e. The van der Waals surface area contributed by atoms with E-state index in [9.17, 15) is 9.18 Å². The lowest BCUT2D eigenvalue weighted by atomic mass is 10.3. The van der Waals surface area contributed by atoms with E-state index in [0.29, 0.717) is 16.7 Å². The van der Waals surface area contributed by atoms with Crippen molar-refractivity contribution in [3.63, 3.8) is 0 Å². The zero-order valence-corrected chi connectivity index (χ0v) is 12.3. The van der Waals surface area contributed by atoms with Crippen LogP contribution in [-0.4, -0.2) is 21.6 Å². The van der Waals surface area contributed by atoms with Gasteiger partial charge in [0.25, 0.3) is 0 Å². The van der Waals surface area contributed by atoms with E-state index >= 15 is 0 Å². The van der Waals surface area contributed by atoms with E-state index in [1.54, 1.807) is 18.2 Å². The van der Waals surface area contributed by atoms with Crippen LogP contribution in [-0.2, 0) is 4.79 Å². The van der Waals surface area contributed by atoms with Gasteiger partial charge in [0.2, 0.25) is 5.91 Å². The Balaban J connectivity index is 1.83. The van der Waals surface area contributed by atoms with Gasteiger partial charge in [-0.25, -0.2) is 14.4 Å². The van der Waals surface area contributed by atoms with Crippen LogP contribution in [0.2, 0.25) is 0 Å². The van der Waals surface area contributed by atoms with Gasteiger partial charge in [0.15, 0.2) is 5.16 Å². The summed E-state index contributed by atoms with van der Waals surface area (Å²) < 4.78 is 13.4. The Morgan fingerprint density at radius 3 is 2.86 bits per heavy atom. The van der Waals surface area contributed by atoms with E-state index in [2.05, 4.69) is 15.3 Å². The predicted molar refractivity (Wildman–Crippen MR) is 81.6 cm³/mol. The number of thioether (sulfide) groups is 1. The molecular formula is C14H15FN4OS. The Morgan fingerprint density at radius 2 is 2.14 bits per heavy atom. The zero-order chi connectivity index (χ0) is 15.2. The molecule has 1 aromatic carbocycles. The molecule has 1 aromatic heterocycles. The number of hydrogen-bond donors (Lipinski definition) is 2. The molecule has 1 heterocycles. The number of hydrogen-bond acceptors (Lipinski definition) is 5. The number of anilines is 2. The zero-order valence-electron chi connectivity index (χ0n) is 11.5. The Kier molecular flexibility index (Phi) is 5.10. The number of aryl methyl sites for hydroxylation is 1. The lowest BCUT2D eigenvalue weighted by Crippen LogP contribution is -2.13. The van der Waals surface area contributed by atoms with Gasteiger partial charge in [0.05, 0.1) is 5.69 Å². The molecule has 3 N–H and O–H groups in total. The molecule has 0 spiro atoms. The van der Waals surface area contributed by atoms with E-state index in [4.69, 9.17) is 5.73 Å². The van der Waals surface area contributed by atoms with Crippen LogP contribution >= 0.6 is 11.8 Å².